The first-order valence-electron chi connectivity index (χ1n) is 1.89. The molecule has 3 heteroatoms. The fourth-order valence-corrected chi connectivity index (χ4v) is 0. The second kappa shape index (κ2) is 9.44. The quantitative estimate of drug-likeness (QED) is 0.541. The third-order valence-corrected chi connectivity index (χ3v) is 0. The first-order valence-corrected chi connectivity index (χ1v) is 2.69. The molecule has 0 aromatic heterocycles. The van der Waals surface area contributed by atoms with E-state index in [1.54, 1.807) is 0 Å². The largest absolute Gasteiger partial charge is 0.323 e. The summed E-state index contributed by atoms with van der Waals surface area (Å²) < 4.78 is -0.0208. The molecular formula is C4H10BrNO. The smallest absolute Gasteiger partial charge is 0.194 e. The van der Waals surface area contributed by atoms with Crippen LogP contribution in [-0.4, -0.2) is 18.8 Å². The molecule has 44 valence electrons. The molecule has 7 heavy (non-hydrogen) atoms. The standard InChI is InChI=1S/C2H3BrO.C2H7N/c1-2(3)4;1-3-2/h1H3;3H,1-2H3. The number of carbonyl (C=O) groups excluding carboxylic acids is 1. The topological polar surface area (TPSA) is 29.1 Å². The number of carbonyl (C=O) groups is 1. The molecule has 0 bridgehead atoms. The molecular weight excluding hydrogens is 158 g/mol. The molecule has 0 amide bonds. The van der Waals surface area contributed by atoms with Gasteiger partial charge in [-0.2, -0.15) is 0 Å². The summed E-state index contributed by atoms with van der Waals surface area (Å²) in [5.74, 6) is 0. The Hall–Kier alpha value is 0.110. The molecule has 0 radical (unpaired) electrons. The Kier molecular flexibility index (Phi) is 13.7. The maximum Gasteiger partial charge on any atom is 0.194 e. The minimum atomic E-state index is -0.0208. The molecule has 0 saturated heterocycles. The second-order valence-electron chi connectivity index (χ2n) is 0.970. The van der Waals surface area contributed by atoms with Crippen LogP contribution in [0.5, 0.6) is 0 Å². The van der Waals surface area contributed by atoms with Gasteiger partial charge in [-0.05, 0) is 30.0 Å². The minimum Gasteiger partial charge on any atom is -0.323 e. The SMILES string of the molecule is CC(=O)Br.CNC. The molecule has 0 unspecified atom stereocenters. The first kappa shape index (κ1) is 10.2. The molecule has 0 fully saturated rings. The lowest BCUT2D eigenvalue weighted by Gasteiger charge is -1.59. The Balaban J connectivity index is 0. The lowest BCUT2D eigenvalue weighted by Crippen LogP contribution is -1.89. The summed E-state index contributed by atoms with van der Waals surface area (Å²) in [6, 6.07) is 0. The fourth-order valence-electron chi connectivity index (χ4n) is 0. The van der Waals surface area contributed by atoms with E-state index in [9.17, 15) is 4.79 Å². The number of nitrogens with one attached hydrogen (secondary N) is 1. The lowest BCUT2D eigenvalue weighted by molar-refractivity contribution is -0.108. The van der Waals surface area contributed by atoms with Gasteiger partial charge in [0.1, 0.15) is 0 Å². The van der Waals surface area contributed by atoms with Gasteiger partial charge in [0.25, 0.3) is 0 Å². The molecule has 2 nitrogen and oxygen atoms in total. The summed E-state index contributed by atoms with van der Waals surface area (Å²) >= 11 is 2.63. The number of halogens is 1. The van der Waals surface area contributed by atoms with Gasteiger partial charge in [-0.3, -0.25) is 4.79 Å². The van der Waals surface area contributed by atoms with Gasteiger partial charge in [0.05, 0.1) is 0 Å². The summed E-state index contributed by atoms with van der Waals surface area (Å²) in [6.45, 7) is 1.44. The molecule has 0 aliphatic carbocycles. The zero-order chi connectivity index (χ0) is 6.28. The molecule has 0 aliphatic rings. The van der Waals surface area contributed by atoms with Crippen LogP contribution in [0.25, 0.3) is 0 Å². The van der Waals surface area contributed by atoms with Gasteiger partial charge in [0.2, 0.25) is 0 Å². The molecule has 0 heterocycles. The van der Waals surface area contributed by atoms with Crippen molar-refractivity contribution >= 4 is 20.6 Å². The van der Waals surface area contributed by atoms with Crippen LogP contribution in [0, 0.1) is 0 Å². The molecule has 0 saturated carbocycles. The van der Waals surface area contributed by atoms with Gasteiger partial charge in [0, 0.05) is 6.92 Å². The average Bonchev–Trinajstić information content (AvgIpc) is 1.33. The zero-order valence-corrected chi connectivity index (χ0v) is 6.37. The predicted octanol–water partition coefficient (Wildman–Crippen LogP) is 0.763. The van der Waals surface area contributed by atoms with Crippen LogP contribution in [0.3, 0.4) is 0 Å². The van der Waals surface area contributed by atoms with Crippen molar-refractivity contribution in [1.82, 2.24) is 5.32 Å². The van der Waals surface area contributed by atoms with Crippen LogP contribution in [0.2, 0.25) is 0 Å². The number of hydrogen-bond donors (Lipinski definition) is 1. The van der Waals surface area contributed by atoms with E-state index in [2.05, 4.69) is 21.2 Å². The van der Waals surface area contributed by atoms with Gasteiger partial charge in [0.15, 0.2) is 4.69 Å². The molecule has 0 aromatic carbocycles. The van der Waals surface area contributed by atoms with Crippen molar-refractivity contribution in [3.63, 3.8) is 0 Å². The van der Waals surface area contributed by atoms with Gasteiger partial charge >= 0.3 is 0 Å². The summed E-state index contributed by atoms with van der Waals surface area (Å²) in [4.78, 5) is 9.36. The van der Waals surface area contributed by atoms with Crippen LogP contribution in [0.15, 0.2) is 0 Å². The van der Waals surface area contributed by atoms with Crippen molar-refractivity contribution in [3.8, 4) is 0 Å². The van der Waals surface area contributed by atoms with Gasteiger partial charge in [-0.15, -0.1) is 0 Å². The normalized spacial score (nSPS) is 6.29. The Bertz CT molecular complexity index is 43.0. The Morgan fingerprint density at radius 2 is 1.57 bits per heavy atom. The third-order valence-electron chi connectivity index (χ3n) is 0. The van der Waals surface area contributed by atoms with E-state index in [4.69, 9.17) is 0 Å². The van der Waals surface area contributed by atoms with Crippen molar-refractivity contribution in [3.05, 3.63) is 0 Å². The van der Waals surface area contributed by atoms with Crippen LogP contribution in [0.1, 0.15) is 6.92 Å². The van der Waals surface area contributed by atoms with Crippen LogP contribution in [0.4, 0.5) is 0 Å². The van der Waals surface area contributed by atoms with Crippen molar-refractivity contribution in [2.24, 2.45) is 0 Å². The predicted molar refractivity (Wildman–Crippen MR) is 34.6 cm³/mol. The van der Waals surface area contributed by atoms with Gasteiger partial charge in [-0.1, -0.05) is 0 Å². The van der Waals surface area contributed by atoms with E-state index in [1.165, 1.54) is 6.92 Å². The average molecular weight is 168 g/mol. The van der Waals surface area contributed by atoms with E-state index in [-0.39, 0.29) is 4.69 Å². The molecule has 0 spiro atoms. The summed E-state index contributed by atoms with van der Waals surface area (Å²) in [6.07, 6.45) is 0. The van der Waals surface area contributed by atoms with Crippen LogP contribution in [-0.2, 0) is 4.79 Å². The van der Waals surface area contributed by atoms with E-state index >= 15 is 0 Å². The van der Waals surface area contributed by atoms with E-state index in [0.717, 1.165) is 0 Å². The van der Waals surface area contributed by atoms with Crippen LogP contribution >= 0.6 is 15.9 Å². The summed E-state index contributed by atoms with van der Waals surface area (Å²) in [5, 5.41) is 2.75. The Morgan fingerprint density at radius 3 is 1.57 bits per heavy atom. The summed E-state index contributed by atoms with van der Waals surface area (Å²) in [7, 11) is 3.75. The minimum absolute atomic E-state index is 0.0208. The highest BCUT2D eigenvalue weighted by Crippen LogP contribution is 1.74. The second-order valence-corrected chi connectivity index (χ2v) is 2.09. The highest BCUT2D eigenvalue weighted by atomic mass is 79.9. The maximum atomic E-state index is 9.36. The summed E-state index contributed by atoms with van der Waals surface area (Å²) in [5.41, 5.74) is 0. The zero-order valence-electron chi connectivity index (χ0n) is 4.79. The molecule has 0 aliphatic heterocycles. The van der Waals surface area contributed by atoms with Crippen molar-refractivity contribution < 1.29 is 4.79 Å². The van der Waals surface area contributed by atoms with Crippen molar-refractivity contribution in [1.29, 1.82) is 0 Å². The fraction of sp³-hybridized carbons (Fsp3) is 0.750. The van der Waals surface area contributed by atoms with Gasteiger partial charge in [-0.25, -0.2) is 0 Å². The third kappa shape index (κ3) is 8530. The van der Waals surface area contributed by atoms with E-state index in [0.29, 0.717) is 0 Å². The highest BCUT2D eigenvalue weighted by molar-refractivity contribution is 9.18. The Labute approximate surface area is 52.4 Å². The molecule has 0 rings (SSSR count). The highest BCUT2D eigenvalue weighted by Gasteiger charge is 1.66. The monoisotopic (exact) mass is 167 g/mol. The van der Waals surface area contributed by atoms with Crippen molar-refractivity contribution in [2.45, 2.75) is 6.92 Å². The first-order chi connectivity index (χ1) is 3.15. The number of hydrogen-bond acceptors (Lipinski definition) is 2. The van der Waals surface area contributed by atoms with Gasteiger partial charge < -0.3 is 5.32 Å². The van der Waals surface area contributed by atoms with E-state index in [1.807, 2.05) is 14.1 Å². The molecule has 0 aromatic rings. The van der Waals surface area contributed by atoms with E-state index < -0.39 is 0 Å². The lowest BCUT2D eigenvalue weighted by atomic mass is 11.0. The van der Waals surface area contributed by atoms with Crippen LogP contribution < -0.4 is 5.32 Å². The van der Waals surface area contributed by atoms with Crippen molar-refractivity contribution in [2.75, 3.05) is 14.1 Å². The Morgan fingerprint density at radius 1 is 1.57 bits per heavy atom. The molecule has 0 atom stereocenters. The molecule has 1 N–H and O–H groups in total. The maximum absolute atomic E-state index is 9.36. The number of rotatable bonds is 0.